The summed E-state index contributed by atoms with van der Waals surface area (Å²) >= 11 is 0. The summed E-state index contributed by atoms with van der Waals surface area (Å²) in [6.07, 6.45) is 6.20. The van der Waals surface area contributed by atoms with E-state index in [1.807, 2.05) is 13.8 Å². The zero-order valence-electron chi connectivity index (χ0n) is 14.6. The van der Waals surface area contributed by atoms with Gasteiger partial charge in [0.15, 0.2) is 0 Å². The number of carbonyl (C=O) groups is 1. The fraction of sp³-hybridized carbons (Fsp3) is 0.529. The molecule has 0 atom stereocenters. The Morgan fingerprint density at radius 1 is 1.32 bits per heavy atom. The molecule has 2 aromatic rings. The number of aryl methyl sites for hydroxylation is 2. The molecule has 1 fully saturated rings. The lowest BCUT2D eigenvalue weighted by Gasteiger charge is -2.22. The van der Waals surface area contributed by atoms with E-state index in [0.29, 0.717) is 23.9 Å². The van der Waals surface area contributed by atoms with E-state index in [4.69, 9.17) is 0 Å². The highest BCUT2D eigenvalue weighted by Gasteiger charge is 2.18. The number of hydrogen-bond acceptors (Lipinski definition) is 4. The number of hydrogen-bond donors (Lipinski definition) is 3. The minimum atomic E-state index is -0.262. The highest BCUT2D eigenvalue weighted by atomic mass is 16.2. The predicted molar refractivity (Wildman–Crippen MR) is 95.1 cm³/mol. The van der Waals surface area contributed by atoms with Crippen molar-refractivity contribution in [2.45, 2.75) is 58.4 Å². The second-order valence-electron chi connectivity index (χ2n) is 6.43. The number of anilines is 1. The van der Waals surface area contributed by atoms with Gasteiger partial charge in [0.25, 0.3) is 5.56 Å². The summed E-state index contributed by atoms with van der Waals surface area (Å²) in [5, 5.41) is 10.2. The van der Waals surface area contributed by atoms with Crippen LogP contribution < -0.4 is 16.2 Å². The quantitative estimate of drug-likeness (QED) is 0.791. The van der Waals surface area contributed by atoms with Gasteiger partial charge in [0, 0.05) is 23.9 Å². The Balaban J connectivity index is 1.80. The van der Waals surface area contributed by atoms with Crippen molar-refractivity contribution in [3.05, 3.63) is 33.9 Å². The number of H-pyrrole nitrogens is 1. The molecule has 134 valence electrons. The van der Waals surface area contributed by atoms with Gasteiger partial charge >= 0.3 is 6.03 Å². The summed E-state index contributed by atoms with van der Waals surface area (Å²) < 4.78 is 1.45. The fourth-order valence-corrected chi connectivity index (χ4v) is 3.11. The minimum absolute atomic E-state index is 0.215. The third-order valence-corrected chi connectivity index (χ3v) is 4.36. The van der Waals surface area contributed by atoms with Gasteiger partial charge in [-0.3, -0.25) is 15.1 Å². The summed E-state index contributed by atoms with van der Waals surface area (Å²) in [5.41, 5.74) is 1.15. The standard InChI is InChI=1S/C17H24N6O2/c1-3-12-10-15(24)21-16(18-12)23-14(9-11(2)22-23)20-17(25)19-13-7-5-4-6-8-13/h9-10,13H,3-8H2,1-2H3,(H,18,21,24)(H2,19,20,25). The van der Waals surface area contributed by atoms with Crippen LogP contribution in [0.4, 0.5) is 10.6 Å². The number of aromatic amines is 1. The van der Waals surface area contributed by atoms with Gasteiger partial charge in [-0.25, -0.2) is 9.78 Å². The molecule has 2 amide bonds. The van der Waals surface area contributed by atoms with E-state index in [1.165, 1.54) is 17.2 Å². The molecule has 25 heavy (non-hydrogen) atoms. The molecule has 0 unspecified atom stereocenters. The summed E-state index contributed by atoms with van der Waals surface area (Å²) in [6, 6.07) is 3.16. The van der Waals surface area contributed by atoms with E-state index in [9.17, 15) is 9.59 Å². The normalized spacial score (nSPS) is 15.1. The molecule has 2 aromatic heterocycles. The minimum Gasteiger partial charge on any atom is -0.335 e. The van der Waals surface area contributed by atoms with Crippen molar-refractivity contribution in [2.24, 2.45) is 0 Å². The fourth-order valence-electron chi connectivity index (χ4n) is 3.11. The second-order valence-corrected chi connectivity index (χ2v) is 6.43. The lowest BCUT2D eigenvalue weighted by molar-refractivity contribution is 0.244. The van der Waals surface area contributed by atoms with Crippen LogP contribution in [0.3, 0.4) is 0 Å². The van der Waals surface area contributed by atoms with Gasteiger partial charge < -0.3 is 5.32 Å². The lowest BCUT2D eigenvalue weighted by atomic mass is 9.96. The molecule has 0 bridgehead atoms. The molecule has 1 saturated carbocycles. The first-order valence-corrected chi connectivity index (χ1v) is 8.80. The van der Waals surface area contributed by atoms with Crippen molar-refractivity contribution in [1.29, 1.82) is 0 Å². The average Bonchev–Trinajstić information content (AvgIpc) is 2.95. The molecule has 3 N–H and O–H groups in total. The highest BCUT2D eigenvalue weighted by Crippen LogP contribution is 2.18. The molecular weight excluding hydrogens is 320 g/mol. The molecule has 0 radical (unpaired) electrons. The Bertz CT molecular complexity index is 804. The van der Waals surface area contributed by atoms with Crippen LogP contribution in [0.25, 0.3) is 5.95 Å². The summed E-state index contributed by atoms with van der Waals surface area (Å²) in [5.74, 6) is 0.771. The van der Waals surface area contributed by atoms with E-state index in [2.05, 4.69) is 25.7 Å². The smallest absolute Gasteiger partial charge is 0.320 e. The first-order valence-electron chi connectivity index (χ1n) is 8.80. The van der Waals surface area contributed by atoms with Crippen LogP contribution in [0.5, 0.6) is 0 Å². The maximum absolute atomic E-state index is 12.3. The van der Waals surface area contributed by atoms with Crippen molar-refractivity contribution < 1.29 is 4.79 Å². The van der Waals surface area contributed by atoms with Crippen molar-refractivity contribution >= 4 is 11.8 Å². The molecule has 0 saturated heterocycles. The number of nitrogens with one attached hydrogen (secondary N) is 3. The summed E-state index contributed by atoms with van der Waals surface area (Å²) in [6.45, 7) is 3.75. The SMILES string of the molecule is CCc1cc(=O)[nH]c(-n2nc(C)cc2NC(=O)NC2CCCCC2)n1. The maximum atomic E-state index is 12.3. The first-order chi connectivity index (χ1) is 12.0. The number of rotatable bonds is 4. The van der Waals surface area contributed by atoms with Gasteiger partial charge in [-0.05, 0) is 26.2 Å². The van der Waals surface area contributed by atoms with Gasteiger partial charge in [-0.15, -0.1) is 0 Å². The van der Waals surface area contributed by atoms with E-state index in [1.54, 1.807) is 6.07 Å². The summed E-state index contributed by atoms with van der Waals surface area (Å²) in [4.78, 5) is 31.2. The highest BCUT2D eigenvalue weighted by molar-refractivity contribution is 5.88. The Morgan fingerprint density at radius 3 is 2.80 bits per heavy atom. The Labute approximate surface area is 146 Å². The van der Waals surface area contributed by atoms with Gasteiger partial charge in [0.2, 0.25) is 5.95 Å². The maximum Gasteiger partial charge on any atom is 0.320 e. The molecule has 0 aliphatic heterocycles. The molecular formula is C17H24N6O2. The molecule has 0 aromatic carbocycles. The molecule has 1 aliphatic rings. The van der Waals surface area contributed by atoms with Crippen LogP contribution in [-0.4, -0.2) is 31.8 Å². The van der Waals surface area contributed by atoms with E-state index in [-0.39, 0.29) is 17.6 Å². The zero-order chi connectivity index (χ0) is 17.8. The summed E-state index contributed by atoms with van der Waals surface area (Å²) in [7, 11) is 0. The molecule has 1 aliphatic carbocycles. The number of nitrogens with zero attached hydrogens (tertiary/aromatic N) is 3. The van der Waals surface area contributed by atoms with Crippen LogP contribution >= 0.6 is 0 Å². The van der Waals surface area contributed by atoms with Crippen molar-refractivity contribution in [3.63, 3.8) is 0 Å². The van der Waals surface area contributed by atoms with Crippen LogP contribution in [0.2, 0.25) is 0 Å². The van der Waals surface area contributed by atoms with Crippen molar-refractivity contribution in [1.82, 2.24) is 25.1 Å². The monoisotopic (exact) mass is 344 g/mol. The number of urea groups is 1. The molecule has 0 spiro atoms. The van der Waals surface area contributed by atoms with Gasteiger partial charge in [-0.2, -0.15) is 9.78 Å². The van der Waals surface area contributed by atoms with Crippen LogP contribution in [0.15, 0.2) is 16.9 Å². The predicted octanol–water partition coefficient (Wildman–Crippen LogP) is 2.28. The van der Waals surface area contributed by atoms with E-state index in [0.717, 1.165) is 31.4 Å². The van der Waals surface area contributed by atoms with E-state index < -0.39 is 0 Å². The number of aromatic nitrogens is 4. The third-order valence-electron chi connectivity index (χ3n) is 4.36. The van der Waals surface area contributed by atoms with Crippen LogP contribution in [0.1, 0.15) is 50.4 Å². The van der Waals surface area contributed by atoms with Crippen molar-refractivity contribution in [2.75, 3.05) is 5.32 Å². The van der Waals surface area contributed by atoms with Gasteiger partial charge in [0.1, 0.15) is 5.82 Å². The topological polar surface area (TPSA) is 105 Å². The molecule has 8 nitrogen and oxygen atoms in total. The zero-order valence-corrected chi connectivity index (χ0v) is 14.6. The molecule has 8 heteroatoms. The molecule has 2 heterocycles. The largest absolute Gasteiger partial charge is 0.335 e. The Hall–Kier alpha value is -2.64. The number of carbonyl (C=O) groups excluding carboxylic acids is 1. The average molecular weight is 344 g/mol. The number of amides is 2. The van der Waals surface area contributed by atoms with Gasteiger partial charge in [0.05, 0.1) is 5.69 Å². The third kappa shape index (κ3) is 4.26. The second kappa shape index (κ2) is 7.50. The lowest BCUT2D eigenvalue weighted by Crippen LogP contribution is -2.39. The van der Waals surface area contributed by atoms with Gasteiger partial charge in [-0.1, -0.05) is 26.2 Å². The molecule has 3 rings (SSSR count). The van der Waals surface area contributed by atoms with Crippen LogP contribution in [0, 0.1) is 6.92 Å². The Morgan fingerprint density at radius 2 is 2.08 bits per heavy atom. The van der Waals surface area contributed by atoms with Crippen molar-refractivity contribution in [3.8, 4) is 5.95 Å². The first kappa shape index (κ1) is 17.2. The van der Waals surface area contributed by atoms with E-state index >= 15 is 0 Å². The Kier molecular flexibility index (Phi) is 5.16. The van der Waals surface area contributed by atoms with Crippen LogP contribution in [-0.2, 0) is 6.42 Å².